The maximum absolute atomic E-state index is 11.6. The predicted octanol–water partition coefficient (Wildman–Crippen LogP) is 3.29. The SMILES string of the molecule is CCOc1ccc(C(=O)OOOC(=O)OCC(C)(C)C)cc1. The first-order chi connectivity index (χ1) is 10.3. The van der Waals surface area contributed by atoms with Gasteiger partial charge in [0.2, 0.25) is 0 Å². The van der Waals surface area contributed by atoms with Crippen molar-refractivity contribution in [3.05, 3.63) is 29.8 Å². The van der Waals surface area contributed by atoms with Crippen LogP contribution in [-0.4, -0.2) is 25.3 Å². The molecule has 0 heterocycles. The van der Waals surface area contributed by atoms with Gasteiger partial charge in [0, 0.05) is 0 Å². The molecule has 0 atom stereocenters. The quantitative estimate of drug-likeness (QED) is 0.453. The molecule has 7 heteroatoms. The number of carbonyl (C=O) groups excluding carboxylic acids is 2. The van der Waals surface area contributed by atoms with E-state index in [0.717, 1.165) is 0 Å². The molecule has 0 saturated heterocycles. The summed E-state index contributed by atoms with van der Waals surface area (Å²) >= 11 is 0. The minimum atomic E-state index is -1.09. The van der Waals surface area contributed by atoms with E-state index in [0.29, 0.717) is 12.4 Å². The Morgan fingerprint density at radius 2 is 1.68 bits per heavy atom. The smallest absolute Gasteiger partial charge is 0.494 e. The van der Waals surface area contributed by atoms with Gasteiger partial charge in [0.1, 0.15) is 5.75 Å². The zero-order valence-electron chi connectivity index (χ0n) is 13.1. The second-order valence-corrected chi connectivity index (χ2v) is 5.58. The van der Waals surface area contributed by atoms with Crippen LogP contribution in [0.25, 0.3) is 0 Å². The summed E-state index contributed by atoms with van der Waals surface area (Å²) in [5.41, 5.74) is 0.00738. The summed E-state index contributed by atoms with van der Waals surface area (Å²) in [6, 6.07) is 6.21. The number of rotatable bonds is 6. The Hall–Kier alpha value is -2.28. The van der Waals surface area contributed by atoms with Gasteiger partial charge in [0.15, 0.2) is 0 Å². The predicted molar refractivity (Wildman–Crippen MR) is 76.0 cm³/mol. The molecule has 0 N–H and O–H groups in total. The van der Waals surface area contributed by atoms with E-state index >= 15 is 0 Å². The molecule has 122 valence electrons. The molecule has 0 spiro atoms. The highest BCUT2D eigenvalue weighted by Gasteiger charge is 2.16. The normalized spacial score (nSPS) is 10.7. The van der Waals surface area contributed by atoms with E-state index in [2.05, 4.69) is 14.8 Å². The summed E-state index contributed by atoms with van der Waals surface area (Å²) in [7, 11) is 0. The van der Waals surface area contributed by atoms with Crippen molar-refractivity contribution < 1.29 is 33.9 Å². The Morgan fingerprint density at radius 3 is 2.23 bits per heavy atom. The van der Waals surface area contributed by atoms with Crippen LogP contribution in [-0.2, 0) is 19.6 Å². The van der Waals surface area contributed by atoms with Gasteiger partial charge in [-0.3, -0.25) is 4.89 Å². The van der Waals surface area contributed by atoms with Crippen molar-refractivity contribution in [3.8, 4) is 5.75 Å². The van der Waals surface area contributed by atoms with Crippen molar-refractivity contribution in [2.24, 2.45) is 5.41 Å². The monoisotopic (exact) mass is 312 g/mol. The third-order valence-corrected chi connectivity index (χ3v) is 2.24. The average Bonchev–Trinajstić information content (AvgIpc) is 2.45. The molecule has 0 aliphatic heterocycles. The van der Waals surface area contributed by atoms with Gasteiger partial charge in [-0.1, -0.05) is 20.8 Å². The lowest BCUT2D eigenvalue weighted by molar-refractivity contribution is -0.452. The third-order valence-electron chi connectivity index (χ3n) is 2.24. The highest BCUT2D eigenvalue weighted by molar-refractivity contribution is 5.89. The lowest BCUT2D eigenvalue weighted by atomic mass is 9.99. The molecule has 0 unspecified atom stereocenters. The van der Waals surface area contributed by atoms with Crippen LogP contribution in [0.3, 0.4) is 0 Å². The summed E-state index contributed by atoms with van der Waals surface area (Å²) in [6.07, 6.45) is -1.09. The van der Waals surface area contributed by atoms with Crippen LogP contribution in [0.5, 0.6) is 5.75 Å². The van der Waals surface area contributed by atoms with E-state index in [1.807, 2.05) is 27.7 Å². The van der Waals surface area contributed by atoms with Gasteiger partial charge in [0.25, 0.3) is 0 Å². The number of hydrogen-bond acceptors (Lipinski definition) is 7. The fourth-order valence-electron chi connectivity index (χ4n) is 1.28. The molecule has 0 aromatic heterocycles. The van der Waals surface area contributed by atoms with Crippen molar-refractivity contribution >= 4 is 12.1 Å². The van der Waals surface area contributed by atoms with Crippen LogP contribution in [0.4, 0.5) is 4.79 Å². The minimum absolute atomic E-state index is 0.141. The summed E-state index contributed by atoms with van der Waals surface area (Å²) in [5, 5.41) is 4.10. The molecule has 0 aliphatic carbocycles. The summed E-state index contributed by atoms with van der Waals surface area (Å²) < 4.78 is 9.98. The molecule has 0 radical (unpaired) electrons. The molecule has 0 bridgehead atoms. The molecule has 1 rings (SSSR count). The van der Waals surface area contributed by atoms with E-state index in [1.165, 1.54) is 12.1 Å². The number of hydrogen-bond donors (Lipinski definition) is 0. The molecular formula is C15H20O7. The number of ether oxygens (including phenoxy) is 2. The van der Waals surface area contributed by atoms with E-state index in [-0.39, 0.29) is 17.6 Å². The lowest BCUT2D eigenvalue weighted by Gasteiger charge is -2.16. The van der Waals surface area contributed by atoms with Gasteiger partial charge in [0.05, 0.1) is 23.8 Å². The van der Waals surface area contributed by atoms with Crippen LogP contribution in [0.15, 0.2) is 24.3 Å². The van der Waals surface area contributed by atoms with Gasteiger partial charge in [-0.05, 0) is 36.6 Å². The highest BCUT2D eigenvalue weighted by Crippen LogP contribution is 2.14. The van der Waals surface area contributed by atoms with E-state index in [9.17, 15) is 9.59 Å². The van der Waals surface area contributed by atoms with Crippen molar-refractivity contribution in [2.75, 3.05) is 13.2 Å². The largest absolute Gasteiger partial charge is 0.543 e. The van der Waals surface area contributed by atoms with Crippen LogP contribution in [0, 0.1) is 5.41 Å². The van der Waals surface area contributed by atoms with Gasteiger partial charge < -0.3 is 9.47 Å². The van der Waals surface area contributed by atoms with Gasteiger partial charge in [-0.2, -0.15) is 0 Å². The Labute approximate surface area is 128 Å². The van der Waals surface area contributed by atoms with E-state index < -0.39 is 12.1 Å². The van der Waals surface area contributed by atoms with Crippen LogP contribution < -0.4 is 4.74 Å². The molecule has 0 fully saturated rings. The van der Waals surface area contributed by atoms with E-state index in [1.54, 1.807) is 12.1 Å². The molecule has 7 nitrogen and oxygen atoms in total. The molecule has 22 heavy (non-hydrogen) atoms. The fourth-order valence-corrected chi connectivity index (χ4v) is 1.28. The van der Waals surface area contributed by atoms with Crippen LogP contribution >= 0.6 is 0 Å². The molecule has 1 aromatic carbocycles. The Balaban J connectivity index is 2.32. The summed E-state index contributed by atoms with van der Waals surface area (Å²) in [6.45, 7) is 8.17. The molecule has 0 aliphatic rings. The zero-order valence-corrected chi connectivity index (χ0v) is 13.1. The number of carbonyl (C=O) groups is 2. The molecule has 0 amide bonds. The standard InChI is InChI=1S/C15H20O7/c1-5-18-12-8-6-11(7-9-12)13(16)20-22-21-14(17)19-10-15(2,3)4/h6-9H,5,10H2,1-4H3. The maximum Gasteiger partial charge on any atom is 0.543 e. The maximum atomic E-state index is 11.6. The summed E-state index contributed by atoms with van der Waals surface area (Å²) in [5.74, 6) is -0.186. The van der Waals surface area contributed by atoms with Crippen LogP contribution in [0.1, 0.15) is 38.1 Å². The van der Waals surface area contributed by atoms with Crippen LogP contribution in [0.2, 0.25) is 0 Å². The fraction of sp³-hybridized carbons (Fsp3) is 0.467. The third kappa shape index (κ3) is 6.94. The van der Waals surface area contributed by atoms with Crippen molar-refractivity contribution in [1.29, 1.82) is 0 Å². The summed E-state index contributed by atoms with van der Waals surface area (Å²) in [4.78, 5) is 31.2. The Kier molecular flexibility index (Phi) is 6.65. The minimum Gasteiger partial charge on any atom is -0.494 e. The first-order valence-electron chi connectivity index (χ1n) is 6.77. The van der Waals surface area contributed by atoms with Gasteiger partial charge in [-0.25, -0.2) is 14.5 Å². The molecule has 0 saturated carbocycles. The Morgan fingerprint density at radius 1 is 1.05 bits per heavy atom. The van der Waals surface area contributed by atoms with Crippen molar-refractivity contribution in [1.82, 2.24) is 0 Å². The highest BCUT2D eigenvalue weighted by atomic mass is 17.5. The Bertz CT molecular complexity index is 488. The molecule has 1 aromatic rings. The van der Waals surface area contributed by atoms with Gasteiger partial charge >= 0.3 is 12.1 Å². The van der Waals surface area contributed by atoms with Crippen molar-refractivity contribution in [2.45, 2.75) is 27.7 Å². The second kappa shape index (κ2) is 8.23. The molecular weight excluding hydrogens is 292 g/mol. The van der Waals surface area contributed by atoms with Gasteiger partial charge in [-0.15, -0.1) is 0 Å². The lowest BCUT2D eigenvalue weighted by Crippen LogP contribution is -2.19. The first-order valence-corrected chi connectivity index (χ1v) is 6.77. The second-order valence-electron chi connectivity index (χ2n) is 5.58. The van der Waals surface area contributed by atoms with E-state index in [4.69, 9.17) is 9.47 Å². The van der Waals surface area contributed by atoms with Crippen molar-refractivity contribution in [3.63, 3.8) is 0 Å². The topological polar surface area (TPSA) is 80.3 Å². The first kappa shape index (κ1) is 17.8. The zero-order chi connectivity index (χ0) is 16.6. The number of benzene rings is 1. The average molecular weight is 312 g/mol.